The Morgan fingerprint density at radius 1 is 1.04 bits per heavy atom. The van der Waals surface area contributed by atoms with Gasteiger partial charge in [-0.15, -0.1) is 10.2 Å². The Kier molecular flexibility index (Phi) is 5.17. The van der Waals surface area contributed by atoms with Crippen molar-refractivity contribution in [3.63, 3.8) is 0 Å². The zero-order valence-electron chi connectivity index (χ0n) is 14.1. The number of rotatable bonds is 6. The Morgan fingerprint density at radius 2 is 1.88 bits per heavy atom. The van der Waals surface area contributed by atoms with Crippen molar-refractivity contribution in [3.05, 3.63) is 59.7 Å². The number of hydrogen-bond acceptors (Lipinski definition) is 6. The molecule has 1 aliphatic carbocycles. The molecule has 1 amide bonds. The monoisotopic (exact) mass is 382 g/mol. The molecule has 0 radical (unpaired) electrons. The lowest BCUT2D eigenvalue weighted by Crippen LogP contribution is -2.14. The van der Waals surface area contributed by atoms with Gasteiger partial charge in [0.2, 0.25) is 11.0 Å². The highest BCUT2D eigenvalue weighted by atomic mass is 32.2. The van der Waals surface area contributed by atoms with Crippen molar-refractivity contribution in [2.75, 3.05) is 16.4 Å². The highest BCUT2D eigenvalue weighted by Crippen LogP contribution is 2.28. The number of carbonyl (C=O) groups is 1. The maximum Gasteiger partial charge on any atom is 0.234 e. The zero-order valence-corrected chi connectivity index (χ0v) is 15.7. The lowest BCUT2D eigenvalue weighted by atomic mass is 10.1. The van der Waals surface area contributed by atoms with Gasteiger partial charge in [0.25, 0.3) is 0 Å². The molecule has 0 atom stereocenters. The number of nitrogens with zero attached hydrogens (tertiary/aromatic N) is 2. The fourth-order valence-corrected chi connectivity index (χ4v) is 4.51. The fourth-order valence-electron chi connectivity index (χ4n) is 2.94. The molecule has 26 heavy (non-hydrogen) atoms. The van der Waals surface area contributed by atoms with Gasteiger partial charge in [-0.3, -0.25) is 4.79 Å². The lowest BCUT2D eigenvalue weighted by Gasteiger charge is -2.06. The van der Waals surface area contributed by atoms with E-state index in [2.05, 4.69) is 33.0 Å². The number of benzene rings is 2. The van der Waals surface area contributed by atoms with Crippen LogP contribution in [0.3, 0.4) is 0 Å². The number of hydrogen-bond donors (Lipinski definition) is 2. The minimum atomic E-state index is -0.0271. The summed E-state index contributed by atoms with van der Waals surface area (Å²) in [5.74, 6) is 0.289. The van der Waals surface area contributed by atoms with Crippen LogP contribution in [-0.4, -0.2) is 21.9 Å². The van der Waals surface area contributed by atoms with Crippen molar-refractivity contribution in [2.45, 2.75) is 23.6 Å². The molecule has 1 heterocycles. The second-order valence-corrected chi connectivity index (χ2v) is 8.24. The molecule has 0 unspecified atom stereocenters. The van der Waals surface area contributed by atoms with Gasteiger partial charge in [0.15, 0.2) is 4.34 Å². The third-order valence-corrected chi connectivity index (χ3v) is 6.11. The van der Waals surface area contributed by atoms with Crippen LogP contribution in [0.2, 0.25) is 0 Å². The summed E-state index contributed by atoms with van der Waals surface area (Å²) in [5.41, 5.74) is 4.61. The molecule has 0 bridgehead atoms. The predicted octanol–water partition coefficient (Wildman–Crippen LogP) is 4.50. The average molecular weight is 383 g/mol. The van der Waals surface area contributed by atoms with Gasteiger partial charge in [0, 0.05) is 11.4 Å². The van der Waals surface area contributed by atoms with Crippen LogP contribution in [-0.2, 0) is 17.6 Å². The molecule has 7 heteroatoms. The van der Waals surface area contributed by atoms with Crippen LogP contribution in [0.1, 0.15) is 17.5 Å². The first-order valence-corrected chi connectivity index (χ1v) is 10.3. The molecule has 0 fully saturated rings. The summed E-state index contributed by atoms with van der Waals surface area (Å²) in [6.07, 6.45) is 3.46. The van der Waals surface area contributed by atoms with Crippen molar-refractivity contribution in [2.24, 2.45) is 0 Å². The highest BCUT2D eigenvalue weighted by Gasteiger charge is 2.13. The van der Waals surface area contributed by atoms with E-state index in [1.807, 2.05) is 36.4 Å². The number of fused-ring (bicyclic) bond motifs is 1. The van der Waals surface area contributed by atoms with Gasteiger partial charge in [0.05, 0.1) is 5.75 Å². The van der Waals surface area contributed by atoms with Crippen LogP contribution in [0.15, 0.2) is 52.9 Å². The summed E-state index contributed by atoms with van der Waals surface area (Å²) >= 11 is 2.84. The Labute approximate surface area is 160 Å². The van der Waals surface area contributed by atoms with Gasteiger partial charge >= 0.3 is 0 Å². The highest BCUT2D eigenvalue weighted by molar-refractivity contribution is 8.01. The molecular formula is C19H18N4OS2. The maximum atomic E-state index is 12.2. The minimum absolute atomic E-state index is 0.0271. The first-order chi connectivity index (χ1) is 12.8. The standard InChI is InChI=1S/C19H18N4OS2/c24-17(20-16-10-9-13-5-4-6-14(13)11-16)12-25-19-23-22-18(26-19)21-15-7-2-1-3-8-15/h1-3,7-11H,4-6,12H2,(H,20,24)(H,21,22). The number of carbonyl (C=O) groups excluding carboxylic acids is 1. The molecule has 1 aliphatic rings. The zero-order chi connectivity index (χ0) is 17.8. The first-order valence-electron chi connectivity index (χ1n) is 8.46. The molecular weight excluding hydrogens is 364 g/mol. The van der Waals surface area contributed by atoms with Crippen molar-refractivity contribution in [1.29, 1.82) is 0 Å². The molecule has 0 aliphatic heterocycles. The molecule has 0 saturated carbocycles. The van der Waals surface area contributed by atoms with E-state index >= 15 is 0 Å². The number of aryl methyl sites for hydroxylation is 2. The Morgan fingerprint density at radius 3 is 2.77 bits per heavy atom. The number of para-hydroxylation sites is 1. The maximum absolute atomic E-state index is 12.2. The van der Waals surface area contributed by atoms with Gasteiger partial charge < -0.3 is 10.6 Å². The molecule has 1 aromatic heterocycles. The Balaban J connectivity index is 1.29. The van der Waals surface area contributed by atoms with E-state index in [1.54, 1.807) is 0 Å². The van der Waals surface area contributed by atoms with Crippen molar-refractivity contribution >= 4 is 45.5 Å². The van der Waals surface area contributed by atoms with Crippen LogP contribution in [0.25, 0.3) is 0 Å². The van der Waals surface area contributed by atoms with Crippen molar-refractivity contribution in [3.8, 4) is 0 Å². The van der Waals surface area contributed by atoms with Gasteiger partial charge in [0.1, 0.15) is 0 Å². The summed E-state index contributed by atoms with van der Waals surface area (Å²) in [7, 11) is 0. The summed E-state index contributed by atoms with van der Waals surface area (Å²) < 4.78 is 0.771. The quantitative estimate of drug-likeness (QED) is 0.615. The normalized spacial score (nSPS) is 12.6. The summed E-state index contributed by atoms with van der Waals surface area (Å²) in [6, 6.07) is 16.0. The largest absolute Gasteiger partial charge is 0.330 e. The summed E-state index contributed by atoms with van der Waals surface area (Å²) in [6.45, 7) is 0. The first kappa shape index (κ1) is 17.1. The van der Waals surface area contributed by atoms with E-state index in [9.17, 15) is 4.79 Å². The van der Waals surface area contributed by atoms with Crippen molar-refractivity contribution < 1.29 is 4.79 Å². The van der Waals surface area contributed by atoms with E-state index in [4.69, 9.17) is 0 Å². The SMILES string of the molecule is O=C(CSc1nnc(Nc2ccccc2)s1)Nc1ccc2c(c1)CCC2. The third-order valence-electron chi connectivity index (χ3n) is 4.14. The van der Waals surface area contributed by atoms with Gasteiger partial charge in [-0.1, -0.05) is 47.4 Å². The van der Waals surface area contributed by atoms with Crippen LogP contribution < -0.4 is 10.6 Å². The smallest absolute Gasteiger partial charge is 0.234 e. The molecule has 2 aromatic carbocycles. The number of thioether (sulfide) groups is 1. The second kappa shape index (κ2) is 7.88. The number of aromatic nitrogens is 2. The predicted molar refractivity (Wildman–Crippen MR) is 107 cm³/mol. The van der Waals surface area contributed by atoms with E-state index < -0.39 is 0 Å². The van der Waals surface area contributed by atoms with Crippen LogP contribution >= 0.6 is 23.1 Å². The average Bonchev–Trinajstić information content (AvgIpc) is 3.29. The molecule has 0 saturated heterocycles. The van der Waals surface area contributed by atoms with Gasteiger partial charge in [-0.25, -0.2) is 0 Å². The lowest BCUT2D eigenvalue weighted by molar-refractivity contribution is -0.113. The number of nitrogens with one attached hydrogen (secondary N) is 2. The fraction of sp³-hybridized carbons (Fsp3) is 0.211. The third kappa shape index (κ3) is 4.23. The van der Waals surface area contributed by atoms with Crippen molar-refractivity contribution in [1.82, 2.24) is 10.2 Å². The van der Waals surface area contributed by atoms with Crippen LogP contribution in [0, 0.1) is 0 Å². The molecule has 4 rings (SSSR count). The molecule has 5 nitrogen and oxygen atoms in total. The Hall–Kier alpha value is -2.38. The van der Waals surface area contributed by atoms with E-state index in [0.717, 1.165) is 33.7 Å². The number of anilines is 3. The molecule has 0 spiro atoms. The summed E-state index contributed by atoms with van der Waals surface area (Å²) in [4.78, 5) is 12.2. The van der Waals surface area contributed by atoms with E-state index in [0.29, 0.717) is 5.75 Å². The minimum Gasteiger partial charge on any atom is -0.330 e. The van der Waals surface area contributed by atoms with Gasteiger partial charge in [-0.05, 0) is 54.7 Å². The van der Waals surface area contributed by atoms with Crippen LogP contribution in [0.4, 0.5) is 16.5 Å². The second-order valence-electron chi connectivity index (χ2n) is 6.04. The summed E-state index contributed by atoms with van der Waals surface area (Å²) in [5, 5.41) is 15.1. The number of amides is 1. The van der Waals surface area contributed by atoms with Gasteiger partial charge in [-0.2, -0.15) is 0 Å². The topological polar surface area (TPSA) is 66.9 Å². The molecule has 3 aromatic rings. The Bertz CT molecular complexity index is 911. The molecule has 132 valence electrons. The van der Waals surface area contributed by atoms with E-state index in [-0.39, 0.29) is 5.91 Å². The van der Waals surface area contributed by atoms with Crippen LogP contribution in [0.5, 0.6) is 0 Å². The molecule has 2 N–H and O–H groups in total. The van der Waals surface area contributed by atoms with E-state index in [1.165, 1.54) is 40.6 Å².